The highest BCUT2D eigenvalue weighted by Crippen LogP contribution is 2.40. The van der Waals surface area contributed by atoms with E-state index in [9.17, 15) is 0 Å². The van der Waals surface area contributed by atoms with Gasteiger partial charge in [-0.15, -0.1) is 0 Å². The van der Waals surface area contributed by atoms with Crippen LogP contribution in [-0.2, 0) is 0 Å². The molecule has 0 aromatic carbocycles. The van der Waals surface area contributed by atoms with Crippen LogP contribution in [0.4, 0.5) is 0 Å². The van der Waals surface area contributed by atoms with Crippen molar-refractivity contribution in [3.8, 4) is 0 Å². The van der Waals surface area contributed by atoms with Crippen molar-refractivity contribution in [3.05, 3.63) is 0 Å². The van der Waals surface area contributed by atoms with Crippen molar-refractivity contribution >= 4 is 0 Å². The summed E-state index contributed by atoms with van der Waals surface area (Å²) in [5.74, 6) is 3.86. The van der Waals surface area contributed by atoms with Crippen LogP contribution in [0.25, 0.3) is 0 Å². The van der Waals surface area contributed by atoms with E-state index in [0.717, 1.165) is 23.7 Å². The summed E-state index contributed by atoms with van der Waals surface area (Å²) in [6.45, 7) is 13.5. The monoisotopic (exact) mass is 184 g/mol. The zero-order valence-corrected chi connectivity index (χ0v) is 10.4. The summed E-state index contributed by atoms with van der Waals surface area (Å²) in [5, 5.41) is 0. The number of hydrogen-bond donors (Lipinski definition) is 0. The lowest BCUT2D eigenvalue weighted by Gasteiger charge is -2.26. The third kappa shape index (κ3) is 3.70. The molecule has 1 fully saturated rings. The summed E-state index contributed by atoms with van der Waals surface area (Å²) in [6.07, 6.45) is 4.45. The molecule has 1 aliphatic carbocycles. The zero-order chi connectivity index (χ0) is 10.4. The van der Waals surface area contributed by atoms with E-state index in [2.05, 4.69) is 27.7 Å². The number of rotatable bonds is 2. The molecule has 0 N–H and O–H groups in total. The molecule has 80 valence electrons. The van der Waals surface area contributed by atoms with Crippen molar-refractivity contribution in [1.82, 2.24) is 0 Å². The van der Waals surface area contributed by atoms with Gasteiger partial charge in [0.15, 0.2) is 0 Å². The average molecular weight is 184 g/mol. The maximum absolute atomic E-state index is 2.38. The molecule has 13 heavy (non-hydrogen) atoms. The molecule has 0 saturated heterocycles. The molecule has 0 aromatic heterocycles. The first kappa shape index (κ1) is 13.0. The molecule has 1 aliphatic rings. The van der Waals surface area contributed by atoms with Gasteiger partial charge in [0, 0.05) is 0 Å². The first-order chi connectivity index (χ1) is 6.13. The summed E-state index contributed by atoms with van der Waals surface area (Å²) in [4.78, 5) is 0. The summed E-state index contributed by atoms with van der Waals surface area (Å²) < 4.78 is 0. The molecular weight excluding hydrogens is 156 g/mol. The lowest BCUT2D eigenvalue weighted by molar-refractivity contribution is 0.235. The van der Waals surface area contributed by atoms with Gasteiger partial charge in [-0.05, 0) is 36.5 Å². The second-order valence-corrected chi connectivity index (χ2v) is 4.75. The minimum Gasteiger partial charge on any atom is -0.0683 e. The van der Waals surface area contributed by atoms with Gasteiger partial charge in [-0.1, -0.05) is 48.0 Å². The van der Waals surface area contributed by atoms with E-state index in [1.54, 1.807) is 0 Å². The standard InChI is InChI=1S/C11H22.C2H6/c1-8(2)10-6-5-7-11(10)9(3)4;1-2/h8-11H,5-7H2,1-4H3;1-2H3. The second kappa shape index (κ2) is 6.45. The van der Waals surface area contributed by atoms with Crippen LogP contribution in [0.1, 0.15) is 60.8 Å². The fourth-order valence-corrected chi connectivity index (χ4v) is 2.67. The van der Waals surface area contributed by atoms with E-state index in [1.165, 1.54) is 19.3 Å². The third-order valence-corrected chi connectivity index (χ3v) is 3.34. The van der Waals surface area contributed by atoms with Crippen molar-refractivity contribution in [2.24, 2.45) is 23.7 Å². The van der Waals surface area contributed by atoms with Gasteiger partial charge < -0.3 is 0 Å². The molecule has 0 heterocycles. The van der Waals surface area contributed by atoms with Gasteiger partial charge in [0.2, 0.25) is 0 Å². The first-order valence-electron chi connectivity index (χ1n) is 6.13. The minimum absolute atomic E-state index is 0.907. The van der Waals surface area contributed by atoms with Gasteiger partial charge in [0.05, 0.1) is 0 Å². The quantitative estimate of drug-likeness (QED) is 0.581. The van der Waals surface area contributed by atoms with E-state index in [0.29, 0.717) is 0 Å². The van der Waals surface area contributed by atoms with E-state index < -0.39 is 0 Å². The molecule has 2 unspecified atom stereocenters. The van der Waals surface area contributed by atoms with Crippen LogP contribution in [0.15, 0.2) is 0 Å². The van der Waals surface area contributed by atoms with Gasteiger partial charge >= 0.3 is 0 Å². The summed E-state index contributed by atoms with van der Waals surface area (Å²) >= 11 is 0. The third-order valence-electron chi connectivity index (χ3n) is 3.34. The molecular formula is C13H28. The van der Waals surface area contributed by atoms with Gasteiger partial charge in [0.25, 0.3) is 0 Å². The highest BCUT2D eigenvalue weighted by Gasteiger charge is 2.31. The molecule has 1 rings (SSSR count). The largest absolute Gasteiger partial charge is 0.0683 e. The SMILES string of the molecule is CC.CC(C)C1CCCC1C(C)C. The van der Waals surface area contributed by atoms with Crippen LogP contribution < -0.4 is 0 Å². The van der Waals surface area contributed by atoms with Crippen LogP contribution in [0.5, 0.6) is 0 Å². The molecule has 0 radical (unpaired) electrons. The van der Waals surface area contributed by atoms with Crippen molar-refractivity contribution in [2.45, 2.75) is 60.8 Å². The van der Waals surface area contributed by atoms with Crippen LogP contribution in [-0.4, -0.2) is 0 Å². The second-order valence-electron chi connectivity index (χ2n) is 4.75. The Labute approximate surface area is 85.1 Å². The van der Waals surface area contributed by atoms with E-state index in [4.69, 9.17) is 0 Å². The maximum atomic E-state index is 2.38. The van der Waals surface area contributed by atoms with Crippen molar-refractivity contribution in [1.29, 1.82) is 0 Å². The van der Waals surface area contributed by atoms with E-state index in [1.807, 2.05) is 13.8 Å². The van der Waals surface area contributed by atoms with Gasteiger partial charge in [-0.2, -0.15) is 0 Å². The Morgan fingerprint density at radius 2 is 1.08 bits per heavy atom. The van der Waals surface area contributed by atoms with Gasteiger partial charge in [0.1, 0.15) is 0 Å². The zero-order valence-electron chi connectivity index (χ0n) is 10.4. The fourth-order valence-electron chi connectivity index (χ4n) is 2.67. The van der Waals surface area contributed by atoms with Crippen LogP contribution in [0.3, 0.4) is 0 Å². The minimum atomic E-state index is 0.907. The Hall–Kier alpha value is 0. The van der Waals surface area contributed by atoms with Crippen molar-refractivity contribution < 1.29 is 0 Å². The Morgan fingerprint density at radius 3 is 1.31 bits per heavy atom. The van der Waals surface area contributed by atoms with E-state index in [-0.39, 0.29) is 0 Å². The lowest BCUT2D eigenvalue weighted by atomic mass is 9.80. The van der Waals surface area contributed by atoms with E-state index >= 15 is 0 Å². The van der Waals surface area contributed by atoms with Crippen LogP contribution in [0, 0.1) is 23.7 Å². The highest BCUT2D eigenvalue weighted by atomic mass is 14.4. The Kier molecular flexibility index (Phi) is 6.45. The molecule has 0 spiro atoms. The predicted molar refractivity (Wildman–Crippen MR) is 61.9 cm³/mol. The predicted octanol–water partition coefficient (Wildman–Crippen LogP) is 4.74. The summed E-state index contributed by atoms with van der Waals surface area (Å²) in [5.41, 5.74) is 0. The topological polar surface area (TPSA) is 0 Å². The molecule has 0 nitrogen and oxygen atoms in total. The Bertz CT molecular complexity index is 99.2. The molecule has 0 heteroatoms. The normalized spacial score (nSPS) is 27.7. The summed E-state index contributed by atoms with van der Waals surface area (Å²) in [7, 11) is 0. The Morgan fingerprint density at radius 1 is 0.769 bits per heavy atom. The van der Waals surface area contributed by atoms with Crippen molar-refractivity contribution in [2.75, 3.05) is 0 Å². The van der Waals surface area contributed by atoms with Crippen molar-refractivity contribution in [3.63, 3.8) is 0 Å². The van der Waals surface area contributed by atoms with Gasteiger partial charge in [-0.25, -0.2) is 0 Å². The average Bonchev–Trinajstić information content (AvgIpc) is 2.55. The highest BCUT2D eigenvalue weighted by molar-refractivity contribution is 4.81. The molecule has 0 bridgehead atoms. The molecule has 2 atom stereocenters. The number of hydrogen-bond acceptors (Lipinski definition) is 0. The molecule has 0 amide bonds. The van der Waals surface area contributed by atoms with Crippen LogP contribution >= 0.6 is 0 Å². The fraction of sp³-hybridized carbons (Fsp3) is 1.00. The summed E-state index contributed by atoms with van der Waals surface area (Å²) in [6, 6.07) is 0. The van der Waals surface area contributed by atoms with Crippen LogP contribution in [0.2, 0.25) is 0 Å². The van der Waals surface area contributed by atoms with Gasteiger partial charge in [-0.3, -0.25) is 0 Å². The molecule has 1 saturated carbocycles. The smallest absolute Gasteiger partial charge is 0.0360 e. The molecule has 0 aliphatic heterocycles. The first-order valence-corrected chi connectivity index (χ1v) is 6.13. The molecule has 0 aromatic rings. The lowest BCUT2D eigenvalue weighted by Crippen LogP contribution is -2.18. The maximum Gasteiger partial charge on any atom is -0.0360 e. The Balaban J connectivity index is 0.000000671.